The number of carbonyl (C=O) groups excluding carboxylic acids is 1. The van der Waals surface area contributed by atoms with E-state index in [0.29, 0.717) is 6.42 Å². The smallest absolute Gasteiger partial charge is 0.261 e. The molecule has 2 heterocycles. The molecule has 23 heavy (non-hydrogen) atoms. The van der Waals surface area contributed by atoms with E-state index in [4.69, 9.17) is 14.2 Å². The largest absolute Gasteiger partial charge is 0.364 e. The summed E-state index contributed by atoms with van der Waals surface area (Å²) >= 11 is 1.71. The molecule has 1 aromatic heterocycles. The van der Waals surface area contributed by atoms with Crippen molar-refractivity contribution in [1.82, 2.24) is 9.88 Å². The third-order valence-corrected chi connectivity index (χ3v) is 5.19. The van der Waals surface area contributed by atoms with Gasteiger partial charge >= 0.3 is 0 Å². The summed E-state index contributed by atoms with van der Waals surface area (Å²) < 4.78 is 15.8. The fourth-order valence-electron chi connectivity index (χ4n) is 2.76. The third-order valence-electron chi connectivity index (χ3n) is 3.99. The van der Waals surface area contributed by atoms with Gasteiger partial charge in [0.05, 0.1) is 0 Å². The van der Waals surface area contributed by atoms with Crippen molar-refractivity contribution in [2.75, 3.05) is 27.7 Å². The summed E-state index contributed by atoms with van der Waals surface area (Å²) in [6, 6.07) is 3.97. The summed E-state index contributed by atoms with van der Waals surface area (Å²) in [5.74, 6) is 0.873. The van der Waals surface area contributed by atoms with E-state index in [1.165, 1.54) is 0 Å². The molecule has 1 aromatic rings. The number of fused-ring (bicyclic) bond motifs is 1. The highest BCUT2D eigenvalue weighted by Gasteiger charge is 2.66. The van der Waals surface area contributed by atoms with Crippen LogP contribution in [-0.4, -0.2) is 49.1 Å². The Bertz CT molecular complexity index is 595. The zero-order chi connectivity index (χ0) is 16.3. The van der Waals surface area contributed by atoms with Gasteiger partial charge in [-0.15, -0.1) is 11.8 Å². The van der Waals surface area contributed by atoms with Gasteiger partial charge in [0.25, 0.3) is 5.91 Å². The van der Waals surface area contributed by atoms with Crippen LogP contribution in [0.4, 0.5) is 0 Å². The van der Waals surface area contributed by atoms with Gasteiger partial charge in [0.2, 0.25) is 0 Å². The first-order valence-corrected chi connectivity index (χ1v) is 8.36. The van der Waals surface area contributed by atoms with Crippen LogP contribution in [0.1, 0.15) is 12.0 Å². The molecule has 0 saturated heterocycles. The molecule has 0 radical (unpaired) electrons. The maximum absolute atomic E-state index is 12.6. The van der Waals surface area contributed by atoms with Crippen molar-refractivity contribution >= 4 is 17.7 Å². The van der Waals surface area contributed by atoms with Crippen molar-refractivity contribution in [3.8, 4) is 0 Å². The molecule has 2 aliphatic rings. The average Bonchev–Trinajstić information content (AvgIpc) is 3.32. The standard InChI is InChI=1S/C16H20N2O4S/c1-20-10-18-8-14(23-9-12-4-3-5-17-7-12)13-6-16(13,15(18)19)22-11-21-2/h3-5,7-8,13H,6,9-11H2,1-2H3. The van der Waals surface area contributed by atoms with E-state index in [1.807, 2.05) is 24.5 Å². The highest BCUT2D eigenvalue weighted by atomic mass is 32.2. The Morgan fingerprint density at radius 2 is 2.30 bits per heavy atom. The van der Waals surface area contributed by atoms with Crippen molar-refractivity contribution in [3.63, 3.8) is 0 Å². The van der Waals surface area contributed by atoms with E-state index in [0.717, 1.165) is 16.2 Å². The van der Waals surface area contributed by atoms with Crippen LogP contribution in [-0.2, 0) is 24.8 Å². The summed E-state index contributed by atoms with van der Waals surface area (Å²) in [5, 5.41) is 0. The van der Waals surface area contributed by atoms with Gasteiger partial charge in [-0.1, -0.05) is 6.07 Å². The molecule has 2 atom stereocenters. The molecule has 124 valence electrons. The lowest BCUT2D eigenvalue weighted by molar-refractivity contribution is -0.160. The number of pyridine rings is 1. The van der Waals surface area contributed by atoms with Gasteiger partial charge in [0, 0.05) is 49.4 Å². The number of methoxy groups -OCH3 is 2. The Labute approximate surface area is 139 Å². The molecule has 0 spiro atoms. The van der Waals surface area contributed by atoms with Gasteiger partial charge in [-0.3, -0.25) is 14.7 Å². The molecule has 0 bridgehead atoms. The van der Waals surface area contributed by atoms with E-state index in [2.05, 4.69) is 4.98 Å². The lowest BCUT2D eigenvalue weighted by atomic mass is 10.1. The van der Waals surface area contributed by atoms with E-state index in [-0.39, 0.29) is 25.3 Å². The summed E-state index contributed by atoms with van der Waals surface area (Å²) in [7, 11) is 3.13. The Balaban J connectivity index is 1.73. The SMILES string of the molecule is COCOC12CC1C(SCc1cccnc1)=CN(COC)C2=O. The van der Waals surface area contributed by atoms with E-state index >= 15 is 0 Å². The van der Waals surface area contributed by atoms with Crippen LogP contribution in [0.2, 0.25) is 0 Å². The minimum atomic E-state index is -0.777. The first-order chi connectivity index (χ1) is 11.2. The van der Waals surface area contributed by atoms with E-state index < -0.39 is 5.60 Å². The zero-order valence-electron chi connectivity index (χ0n) is 13.2. The third kappa shape index (κ3) is 3.28. The molecule has 1 fully saturated rings. The number of carbonyl (C=O) groups is 1. The van der Waals surface area contributed by atoms with Gasteiger partial charge in [-0.05, 0) is 18.1 Å². The second-order valence-corrected chi connectivity index (χ2v) is 6.62. The quantitative estimate of drug-likeness (QED) is 0.677. The van der Waals surface area contributed by atoms with Crippen LogP contribution in [0.3, 0.4) is 0 Å². The van der Waals surface area contributed by atoms with Crippen LogP contribution >= 0.6 is 11.8 Å². The monoisotopic (exact) mass is 336 g/mol. The maximum atomic E-state index is 12.6. The summed E-state index contributed by atoms with van der Waals surface area (Å²) in [6.07, 6.45) is 6.20. The molecule has 1 saturated carbocycles. The molecule has 0 N–H and O–H groups in total. The predicted octanol–water partition coefficient (Wildman–Crippen LogP) is 1.98. The Hall–Kier alpha value is -1.41. The minimum absolute atomic E-state index is 0.0490. The van der Waals surface area contributed by atoms with Crippen LogP contribution in [0.25, 0.3) is 0 Å². The molecular formula is C16H20N2O4S. The number of hydrogen-bond acceptors (Lipinski definition) is 6. The van der Waals surface area contributed by atoms with E-state index in [1.54, 1.807) is 37.1 Å². The van der Waals surface area contributed by atoms with Gasteiger partial charge < -0.3 is 14.2 Å². The molecule has 0 aromatic carbocycles. The summed E-state index contributed by atoms with van der Waals surface area (Å²) in [6.45, 7) is 0.338. The first kappa shape index (κ1) is 16.4. The van der Waals surface area contributed by atoms with Gasteiger partial charge in [0.1, 0.15) is 13.5 Å². The van der Waals surface area contributed by atoms with Crippen molar-refractivity contribution in [2.24, 2.45) is 5.92 Å². The molecule has 2 unspecified atom stereocenters. The Morgan fingerprint density at radius 3 is 3.00 bits per heavy atom. The fourth-order valence-corrected chi connectivity index (χ4v) is 3.95. The fraction of sp³-hybridized carbons (Fsp3) is 0.500. The molecule has 6 nitrogen and oxygen atoms in total. The Morgan fingerprint density at radius 1 is 1.43 bits per heavy atom. The lowest BCUT2D eigenvalue weighted by Crippen LogP contribution is -2.44. The molecular weight excluding hydrogens is 316 g/mol. The molecule has 1 amide bonds. The van der Waals surface area contributed by atoms with Crippen LogP contribution in [0, 0.1) is 5.92 Å². The number of rotatable bonds is 8. The zero-order valence-corrected chi connectivity index (χ0v) is 14.0. The second kappa shape index (κ2) is 7.00. The predicted molar refractivity (Wildman–Crippen MR) is 86.1 cm³/mol. The number of hydrogen-bond donors (Lipinski definition) is 0. The maximum Gasteiger partial charge on any atom is 0.261 e. The Kier molecular flexibility index (Phi) is 5.01. The van der Waals surface area contributed by atoms with Crippen LogP contribution in [0.5, 0.6) is 0 Å². The van der Waals surface area contributed by atoms with Crippen molar-refractivity contribution in [3.05, 3.63) is 41.2 Å². The van der Waals surface area contributed by atoms with Gasteiger partial charge in [-0.2, -0.15) is 0 Å². The van der Waals surface area contributed by atoms with Crippen molar-refractivity contribution in [1.29, 1.82) is 0 Å². The molecule has 1 aliphatic carbocycles. The van der Waals surface area contributed by atoms with E-state index in [9.17, 15) is 4.79 Å². The van der Waals surface area contributed by atoms with Crippen molar-refractivity contribution < 1.29 is 19.0 Å². The highest BCUT2D eigenvalue weighted by molar-refractivity contribution is 8.02. The van der Waals surface area contributed by atoms with Crippen LogP contribution in [0.15, 0.2) is 35.6 Å². The number of aromatic nitrogens is 1. The van der Waals surface area contributed by atoms with Crippen molar-refractivity contribution in [2.45, 2.75) is 17.8 Å². The summed E-state index contributed by atoms with van der Waals surface area (Å²) in [4.78, 5) is 19.5. The number of amides is 1. The number of nitrogens with zero attached hydrogens (tertiary/aromatic N) is 2. The summed E-state index contributed by atoms with van der Waals surface area (Å²) in [5.41, 5.74) is 0.373. The second-order valence-electron chi connectivity index (χ2n) is 5.57. The lowest BCUT2D eigenvalue weighted by Gasteiger charge is -2.29. The minimum Gasteiger partial charge on any atom is -0.364 e. The normalized spacial score (nSPS) is 26.0. The highest BCUT2D eigenvalue weighted by Crippen LogP contribution is 2.58. The number of ether oxygens (including phenoxy) is 3. The average molecular weight is 336 g/mol. The van der Waals surface area contributed by atoms with Gasteiger partial charge in [-0.25, -0.2) is 0 Å². The molecule has 1 aliphatic heterocycles. The molecule has 7 heteroatoms. The molecule has 3 rings (SSSR count). The van der Waals surface area contributed by atoms with Gasteiger partial charge in [0.15, 0.2) is 5.60 Å². The topological polar surface area (TPSA) is 60.9 Å². The van der Waals surface area contributed by atoms with Crippen LogP contribution < -0.4 is 0 Å². The first-order valence-electron chi connectivity index (χ1n) is 7.37. The number of thioether (sulfide) groups is 1.